The molecule has 188 valence electrons. The van der Waals surface area contributed by atoms with Crippen LogP contribution in [-0.4, -0.2) is 31.2 Å². The van der Waals surface area contributed by atoms with Crippen molar-refractivity contribution in [3.63, 3.8) is 0 Å². The number of nitrogens with zero attached hydrogens (tertiary/aromatic N) is 4. The zero-order valence-corrected chi connectivity index (χ0v) is 20.3. The molecule has 0 bridgehead atoms. The number of rotatable bonds is 10. The smallest absolute Gasteiger partial charge is 0.226 e. The predicted molar refractivity (Wildman–Crippen MR) is 135 cm³/mol. The van der Waals surface area contributed by atoms with E-state index in [0.717, 1.165) is 17.1 Å². The number of benzene rings is 2. The fourth-order valence-corrected chi connectivity index (χ4v) is 3.77. The van der Waals surface area contributed by atoms with Crippen LogP contribution in [0, 0.1) is 5.82 Å². The summed E-state index contributed by atoms with van der Waals surface area (Å²) in [4.78, 5) is 13.1. The predicted octanol–water partition coefficient (Wildman–Crippen LogP) is 5.65. The molecule has 0 aliphatic carbocycles. The standard InChI is InChI=1S/C27H22ClFN4O4/c28-20-5-1-18(24(29)13-20)4-8-26-31-22(17-36-26)16-35-23-6-2-19(3-7-23)27-32-21(15-37-27)14-33-11-10-30-25(33)9-12-34/h1-8,10-11,13,15,17,34H,9,12,14,16H2/b8-4+. The van der Waals surface area contributed by atoms with Crippen molar-refractivity contribution in [1.29, 1.82) is 0 Å². The van der Waals surface area contributed by atoms with Crippen LogP contribution in [0.15, 0.2) is 76.2 Å². The molecule has 3 aromatic heterocycles. The van der Waals surface area contributed by atoms with Gasteiger partial charge in [0, 0.05) is 41.0 Å². The Morgan fingerprint density at radius 1 is 1.03 bits per heavy atom. The van der Waals surface area contributed by atoms with E-state index in [2.05, 4.69) is 15.0 Å². The van der Waals surface area contributed by atoms with Crippen LogP contribution in [0.3, 0.4) is 0 Å². The Kier molecular flexibility index (Phi) is 7.43. The summed E-state index contributed by atoms with van der Waals surface area (Å²) in [5.41, 5.74) is 2.54. The number of oxazole rings is 2. The lowest BCUT2D eigenvalue weighted by Crippen LogP contribution is -2.06. The number of hydrogen-bond donors (Lipinski definition) is 1. The fourth-order valence-electron chi connectivity index (χ4n) is 3.61. The first kappa shape index (κ1) is 24.5. The third-order valence-electron chi connectivity index (χ3n) is 5.45. The first-order valence-corrected chi connectivity index (χ1v) is 11.8. The summed E-state index contributed by atoms with van der Waals surface area (Å²) in [6.45, 7) is 0.746. The number of aliphatic hydroxyl groups is 1. The SMILES string of the molecule is OCCc1nccn1Cc1coc(-c2ccc(OCc3coc(/C=C/c4ccc(Cl)cc4F)n3)cc2)n1. The van der Waals surface area contributed by atoms with Gasteiger partial charge >= 0.3 is 0 Å². The molecule has 0 saturated carbocycles. The Labute approximate surface area is 216 Å². The fraction of sp³-hybridized carbons (Fsp3) is 0.148. The third kappa shape index (κ3) is 6.14. The number of ether oxygens (including phenoxy) is 1. The van der Waals surface area contributed by atoms with Crippen LogP contribution in [0.2, 0.25) is 5.02 Å². The molecule has 0 radical (unpaired) electrons. The van der Waals surface area contributed by atoms with Crippen molar-refractivity contribution in [3.8, 4) is 17.2 Å². The molecule has 0 aliphatic heterocycles. The summed E-state index contributed by atoms with van der Waals surface area (Å²) in [6.07, 6.45) is 10.3. The van der Waals surface area contributed by atoms with E-state index in [4.69, 9.17) is 30.3 Å². The third-order valence-corrected chi connectivity index (χ3v) is 5.68. The highest BCUT2D eigenvalue weighted by atomic mass is 35.5. The zero-order chi connectivity index (χ0) is 25.6. The van der Waals surface area contributed by atoms with Gasteiger partial charge in [-0.05, 0) is 42.5 Å². The van der Waals surface area contributed by atoms with Gasteiger partial charge in [-0.2, -0.15) is 0 Å². The molecule has 0 spiro atoms. The van der Waals surface area contributed by atoms with Crippen LogP contribution in [0.5, 0.6) is 5.75 Å². The van der Waals surface area contributed by atoms with Gasteiger partial charge < -0.3 is 23.2 Å². The minimum absolute atomic E-state index is 0.0376. The molecule has 0 unspecified atom stereocenters. The van der Waals surface area contributed by atoms with Crippen molar-refractivity contribution in [1.82, 2.24) is 19.5 Å². The van der Waals surface area contributed by atoms with Gasteiger partial charge in [-0.25, -0.2) is 19.3 Å². The average Bonchev–Trinajstić information content (AvgIpc) is 3.65. The summed E-state index contributed by atoms with van der Waals surface area (Å²) in [7, 11) is 0. The number of aromatic nitrogens is 4. The second kappa shape index (κ2) is 11.2. The minimum Gasteiger partial charge on any atom is -0.487 e. The van der Waals surface area contributed by atoms with Gasteiger partial charge in [0.1, 0.15) is 42.2 Å². The van der Waals surface area contributed by atoms with Gasteiger partial charge in [-0.1, -0.05) is 17.7 Å². The van der Waals surface area contributed by atoms with E-state index in [1.54, 1.807) is 36.7 Å². The van der Waals surface area contributed by atoms with Crippen LogP contribution in [-0.2, 0) is 19.6 Å². The molecule has 3 heterocycles. The van der Waals surface area contributed by atoms with Crippen molar-refractivity contribution < 1.29 is 23.1 Å². The summed E-state index contributed by atoms with van der Waals surface area (Å²) in [5, 5.41) is 9.50. The summed E-state index contributed by atoms with van der Waals surface area (Å²) in [5.74, 6) is 1.84. The highest BCUT2D eigenvalue weighted by Gasteiger charge is 2.10. The van der Waals surface area contributed by atoms with Crippen LogP contribution in [0.25, 0.3) is 23.6 Å². The summed E-state index contributed by atoms with van der Waals surface area (Å²) in [6, 6.07) is 11.8. The zero-order valence-electron chi connectivity index (χ0n) is 19.6. The van der Waals surface area contributed by atoms with Gasteiger partial charge in [0.2, 0.25) is 11.8 Å². The van der Waals surface area contributed by atoms with E-state index in [9.17, 15) is 4.39 Å². The van der Waals surface area contributed by atoms with Gasteiger partial charge in [0.05, 0.1) is 18.8 Å². The number of hydrogen-bond acceptors (Lipinski definition) is 7. The van der Waals surface area contributed by atoms with Crippen LogP contribution in [0.4, 0.5) is 4.39 Å². The number of imidazole rings is 1. The highest BCUT2D eigenvalue weighted by Crippen LogP contribution is 2.23. The molecule has 8 nitrogen and oxygen atoms in total. The maximum absolute atomic E-state index is 13.9. The Morgan fingerprint density at radius 2 is 1.86 bits per heavy atom. The molecular formula is C27H22ClFN4O4. The van der Waals surface area contributed by atoms with Crippen molar-refractivity contribution >= 4 is 23.8 Å². The molecule has 0 aliphatic rings. The van der Waals surface area contributed by atoms with Crippen LogP contribution >= 0.6 is 11.6 Å². The van der Waals surface area contributed by atoms with Gasteiger partial charge in [0.15, 0.2) is 0 Å². The molecule has 2 aromatic carbocycles. The number of halogens is 2. The maximum atomic E-state index is 13.9. The van der Waals surface area contributed by atoms with E-state index < -0.39 is 5.82 Å². The van der Waals surface area contributed by atoms with E-state index in [1.165, 1.54) is 12.3 Å². The van der Waals surface area contributed by atoms with Gasteiger partial charge in [0.25, 0.3) is 0 Å². The first-order chi connectivity index (χ1) is 18.1. The lowest BCUT2D eigenvalue weighted by atomic mass is 10.2. The summed E-state index contributed by atoms with van der Waals surface area (Å²) >= 11 is 5.77. The molecule has 0 amide bonds. The molecule has 1 N–H and O–H groups in total. The van der Waals surface area contributed by atoms with E-state index in [1.807, 2.05) is 35.0 Å². The molecule has 5 aromatic rings. The lowest BCUT2D eigenvalue weighted by Gasteiger charge is -2.04. The molecule has 0 atom stereocenters. The quantitative estimate of drug-likeness (QED) is 0.254. The van der Waals surface area contributed by atoms with Crippen molar-refractivity contribution in [2.75, 3.05) is 6.61 Å². The van der Waals surface area contributed by atoms with E-state index in [-0.39, 0.29) is 13.2 Å². The molecule has 37 heavy (non-hydrogen) atoms. The van der Waals surface area contributed by atoms with Crippen LogP contribution in [0.1, 0.15) is 28.7 Å². The van der Waals surface area contributed by atoms with E-state index in [0.29, 0.717) is 46.8 Å². The molecule has 10 heteroatoms. The Bertz CT molecular complexity index is 1510. The second-order valence-electron chi connectivity index (χ2n) is 8.08. The first-order valence-electron chi connectivity index (χ1n) is 11.4. The van der Waals surface area contributed by atoms with Crippen molar-refractivity contribution in [3.05, 3.63) is 107 Å². The average molecular weight is 521 g/mol. The highest BCUT2D eigenvalue weighted by molar-refractivity contribution is 6.30. The van der Waals surface area contributed by atoms with E-state index >= 15 is 0 Å². The number of aliphatic hydroxyl groups excluding tert-OH is 1. The van der Waals surface area contributed by atoms with Gasteiger partial charge in [-0.3, -0.25) is 0 Å². The molecule has 0 fully saturated rings. The van der Waals surface area contributed by atoms with Gasteiger partial charge in [-0.15, -0.1) is 0 Å². The largest absolute Gasteiger partial charge is 0.487 e. The second-order valence-corrected chi connectivity index (χ2v) is 8.51. The Balaban J connectivity index is 1.16. The van der Waals surface area contributed by atoms with Crippen LogP contribution < -0.4 is 4.74 Å². The summed E-state index contributed by atoms with van der Waals surface area (Å²) < 4.78 is 32.7. The lowest BCUT2D eigenvalue weighted by molar-refractivity contribution is 0.295. The topological polar surface area (TPSA) is 99.3 Å². The van der Waals surface area contributed by atoms with Crippen molar-refractivity contribution in [2.45, 2.75) is 19.6 Å². The monoisotopic (exact) mass is 520 g/mol. The van der Waals surface area contributed by atoms with Crippen molar-refractivity contribution in [2.24, 2.45) is 0 Å². The maximum Gasteiger partial charge on any atom is 0.226 e. The Morgan fingerprint density at radius 3 is 2.68 bits per heavy atom. The molecule has 0 saturated heterocycles. The molecular weight excluding hydrogens is 499 g/mol. The molecule has 5 rings (SSSR count). The minimum atomic E-state index is -0.423. The Hall–Kier alpha value is -4.21. The normalized spacial score (nSPS) is 11.4.